The zero-order chi connectivity index (χ0) is 15.3. The SMILES string of the molecule is CN=C(NCc1cc(F)ccc1Br)NCC1(C)CCCO1. The molecular formula is C15H21BrFN3O. The highest BCUT2D eigenvalue weighted by atomic mass is 79.9. The lowest BCUT2D eigenvalue weighted by molar-refractivity contribution is 0.0243. The number of rotatable bonds is 4. The fourth-order valence-electron chi connectivity index (χ4n) is 2.33. The lowest BCUT2D eigenvalue weighted by atomic mass is 10.0. The fourth-order valence-corrected chi connectivity index (χ4v) is 2.71. The van der Waals surface area contributed by atoms with Gasteiger partial charge in [0.2, 0.25) is 0 Å². The Morgan fingerprint density at radius 1 is 1.48 bits per heavy atom. The molecule has 2 rings (SSSR count). The molecule has 1 aromatic carbocycles. The maximum Gasteiger partial charge on any atom is 0.191 e. The number of ether oxygens (including phenoxy) is 1. The maximum absolute atomic E-state index is 13.2. The lowest BCUT2D eigenvalue weighted by Gasteiger charge is -2.24. The summed E-state index contributed by atoms with van der Waals surface area (Å²) in [6, 6.07) is 4.64. The molecule has 1 fully saturated rings. The van der Waals surface area contributed by atoms with Crippen LogP contribution in [-0.4, -0.2) is 31.8 Å². The molecule has 1 aromatic rings. The van der Waals surface area contributed by atoms with E-state index in [4.69, 9.17) is 4.74 Å². The van der Waals surface area contributed by atoms with Gasteiger partial charge in [0, 0.05) is 31.2 Å². The number of nitrogens with one attached hydrogen (secondary N) is 2. The molecule has 1 aliphatic rings. The van der Waals surface area contributed by atoms with Gasteiger partial charge in [-0.25, -0.2) is 4.39 Å². The van der Waals surface area contributed by atoms with Crippen LogP contribution in [0.5, 0.6) is 0 Å². The quantitative estimate of drug-likeness (QED) is 0.643. The molecule has 0 radical (unpaired) electrons. The van der Waals surface area contributed by atoms with Crippen molar-refractivity contribution in [1.29, 1.82) is 0 Å². The predicted molar refractivity (Wildman–Crippen MR) is 85.9 cm³/mol. The summed E-state index contributed by atoms with van der Waals surface area (Å²) in [6.07, 6.45) is 2.15. The number of aliphatic imine (C=N–C) groups is 1. The zero-order valence-corrected chi connectivity index (χ0v) is 14.0. The average Bonchev–Trinajstić information content (AvgIpc) is 2.90. The van der Waals surface area contributed by atoms with Gasteiger partial charge in [-0.2, -0.15) is 0 Å². The molecule has 0 aliphatic carbocycles. The van der Waals surface area contributed by atoms with Crippen LogP contribution in [0.2, 0.25) is 0 Å². The first-order valence-electron chi connectivity index (χ1n) is 7.05. The first-order chi connectivity index (χ1) is 10.0. The van der Waals surface area contributed by atoms with Crippen LogP contribution in [-0.2, 0) is 11.3 Å². The minimum absolute atomic E-state index is 0.128. The topological polar surface area (TPSA) is 45.7 Å². The fraction of sp³-hybridized carbons (Fsp3) is 0.533. The molecule has 1 atom stereocenters. The number of halogens is 2. The van der Waals surface area contributed by atoms with Gasteiger partial charge < -0.3 is 15.4 Å². The molecule has 1 aliphatic heterocycles. The number of hydrogen-bond acceptors (Lipinski definition) is 2. The van der Waals surface area contributed by atoms with E-state index in [0.717, 1.165) is 29.5 Å². The van der Waals surface area contributed by atoms with E-state index in [2.05, 4.69) is 38.5 Å². The van der Waals surface area contributed by atoms with E-state index in [-0.39, 0.29) is 11.4 Å². The minimum atomic E-state index is -0.246. The predicted octanol–water partition coefficient (Wildman–Crippen LogP) is 2.82. The molecule has 0 amide bonds. The van der Waals surface area contributed by atoms with Crippen LogP contribution in [0.15, 0.2) is 27.7 Å². The summed E-state index contributed by atoms with van der Waals surface area (Å²) in [4.78, 5) is 4.18. The van der Waals surface area contributed by atoms with E-state index >= 15 is 0 Å². The Morgan fingerprint density at radius 3 is 2.95 bits per heavy atom. The van der Waals surface area contributed by atoms with Gasteiger partial charge in [0.1, 0.15) is 5.82 Å². The lowest BCUT2D eigenvalue weighted by Crippen LogP contribution is -2.45. The molecule has 0 aromatic heterocycles. The molecule has 0 saturated carbocycles. The molecule has 1 saturated heterocycles. The summed E-state index contributed by atoms with van der Waals surface area (Å²) < 4.78 is 19.8. The highest BCUT2D eigenvalue weighted by molar-refractivity contribution is 9.10. The highest BCUT2D eigenvalue weighted by Crippen LogP contribution is 2.23. The van der Waals surface area contributed by atoms with Gasteiger partial charge in [0.05, 0.1) is 5.60 Å². The summed E-state index contributed by atoms with van der Waals surface area (Å²) in [5.74, 6) is 0.438. The Kier molecular flexibility index (Phi) is 5.58. The third kappa shape index (κ3) is 4.68. The van der Waals surface area contributed by atoms with Gasteiger partial charge in [-0.3, -0.25) is 4.99 Å². The van der Waals surface area contributed by atoms with Gasteiger partial charge >= 0.3 is 0 Å². The van der Waals surface area contributed by atoms with E-state index in [9.17, 15) is 4.39 Å². The largest absolute Gasteiger partial charge is 0.373 e. The van der Waals surface area contributed by atoms with Crippen molar-refractivity contribution in [2.45, 2.75) is 31.9 Å². The molecule has 2 N–H and O–H groups in total. The molecule has 0 bridgehead atoms. The van der Waals surface area contributed by atoms with E-state index in [0.29, 0.717) is 19.0 Å². The molecule has 1 heterocycles. The van der Waals surface area contributed by atoms with Crippen molar-refractivity contribution in [3.8, 4) is 0 Å². The van der Waals surface area contributed by atoms with Crippen molar-refractivity contribution in [2.75, 3.05) is 20.2 Å². The van der Waals surface area contributed by atoms with Crippen LogP contribution in [0.1, 0.15) is 25.3 Å². The van der Waals surface area contributed by atoms with Crippen molar-refractivity contribution < 1.29 is 9.13 Å². The van der Waals surface area contributed by atoms with Crippen molar-refractivity contribution in [3.05, 3.63) is 34.1 Å². The van der Waals surface area contributed by atoms with E-state index in [1.807, 2.05) is 0 Å². The summed E-state index contributed by atoms with van der Waals surface area (Å²) in [6.45, 7) is 4.12. The maximum atomic E-state index is 13.2. The number of benzene rings is 1. The second-order valence-corrected chi connectivity index (χ2v) is 6.27. The third-order valence-corrected chi connectivity index (χ3v) is 4.38. The zero-order valence-electron chi connectivity index (χ0n) is 12.4. The molecule has 4 nitrogen and oxygen atoms in total. The van der Waals surface area contributed by atoms with Crippen LogP contribution >= 0.6 is 15.9 Å². The Balaban J connectivity index is 1.86. The normalized spacial score (nSPS) is 22.4. The first-order valence-corrected chi connectivity index (χ1v) is 7.84. The molecule has 6 heteroatoms. The van der Waals surface area contributed by atoms with Crippen LogP contribution in [0.4, 0.5) is 4.39 Å². The van der Waals surface area contributed by atoms with E-state index < -0.39 is 0 Å². The Morgan fingerprint density at radius 2 is 2.29 bits per heavy atom. The summed E-state index contributed by atoms with van der Waals surface area (Å²) in [7, 11) is 1.72. The molecule has 21 heavy (non-hydrogen) atoms. The summed E-state index contributed by atoms with van der Waals surface area (Å²) in [5.41, 5.74) is 0.720. The molecule has 116 valence electrons. The Hall–Kier alpha value is -1.14. The van der Waals surface area contributed by atoms with Crippen molar-refractivity contribution in [1.82, 2.24) is 10.6 Å². The van der Waals surface area contributed by atoms with E-state index in [1.165, 1.54) is 12.1 Å². The molecule has 1 unspecified atom stereocenters. The summed E-state index contributed by atoms with van der Waals surface area (Å²) >= 11 is 3.42. The Bertz CT molecular complexity index is 516. The highest BCUT2D eigenvalue weighted by Gasteiger charge is 2.29. The Labute approximate surface area is 133 Å². The standard InChI is InChI=1S/C15H21BrFN3O/c1-15(6-3-7-21-15)10-20-14(18-2)19-9-11-8-12(17)4-5-13(11)16/h4-5,8H,3,6-7,9-10H2,1-2H3,(H2,18,19,20). The van der Waals surface area contributed by atoms with E-state index in [1.54, 1.807) is 13.1 Å². The number of nitrogens with zero attached hydrogens (tertiary/aromatic N) is 1. The number of hydrogen-bond donors (Lipinski definition) is 2. The molecule has 0 spiro atoms. The average molecular weight is 358 g/mol. The second-order valence-electron chi connectivity index (χ2n) is 5.42. The van der Waals surface area contributed by atoms with Gasteiger partial charge in [-0.15, -0.1) is 0 Å². The van der Waals surface area contributed by atoms with Gasteiger partial charge in [-0.1, -0.05) is 15.9 Å². The minimum Gasteiger partial charge on any atom is -0.373 e. The van der Waals surface area contributed by atoms with Crippen molar-refractivity contribution in [2.24, 2.45) is 4.99 Å². The number of guanidine groups is 1. The van der Waals surface area contributed by atoms with Gasteiger partial charge in [0.25, 0.3) is 0 Å². The monoisotopic (exact) mass is 357 g/mol. The van der Waals surface area contributed by atoms with Gasteiger partial charge in [0.15, 0.2) is 5.96 Å². The molecular weight excluding hydrogens is 337 g/mol. The second kappa shape index (κ2) is 7.22. The van der Waals surface area contributed by atoms with Crippen molar-refractivity contribution >= 4 is 21.9 Å². The third-order valence-electron chi connectivity index (χ3n) is 3.61. The smallest absolute Gasteiger partial charge is 0.191 e. The summed E-state index contributed by atoms with van der Waals surface area (Å²) in [5, 5.41) is 6.44. The van der Waals surface area contributed by atoms with Gasteiger partial charge in [-0.05, 0) is 43.5 Å². The first kappa shape index (κ1) is 16.2. The van der Waals surface area contributed by atoms with Crippen LogP contribution in [0, 0.1) is 5.82 Å². The van der Waals surface area contributed by atoms with Crippen LogP contribution in [0.25, 0.3) is 0 Å². The van der Waals surface area contributed by atoms with Crippen LogP contribution < -0.4 is 10.6 Å². The van der Waals surface area contributed by atoms with Crippen molar-refractivity contribution in [3.63, 3.8) is 0 Å². The van der Waals surface area contributed by atoms with Crippen LogP contribution in [0.3, 0.4) is 0 Å².